The molecule has 11 heteroatoms. The second-order valence-electron chi connectivity index (χ2n) is 10.7. The third kappa shape index (κ3) is 7.48. The molecule has 236 valence electrons. The number of hydrogen-bond acceptors (Lipinski definition) is 8. The lowest BCUT2D eigenvalue weighted by Gasteiger charge is -2.22. The third-order valence-corrected chi connectivity index (χ3v) is 10.9. The van der Waals surface area contributed by atoms with Gasteiger partial charge in [0.2, 0.25) is 0 Å². The van der Waals surface area contributed by atoms with E-state index in [4.69, 9.17) is 14.4 Å². The Balaban J connectivity index is 1.64. The number of benzene rings is 3. The summed E-state index contributed by atoms with van der Waals surface area (Å²) >= 11 is 1.41. The molecule has 5 aromatic rings. The molecule has 0 saturated heterocycles. The minimum Gasteiger partial charge on any atom is -0.469 e. The van der Waals surface area contributed by atoms with Gasteiger partial charge >= 0.3 is 13.5 Å². The third-order valence-electron chi connectivity index (χ3n) is 7.43. The molecule has 9 nitrogen and oxygen atoms in total. The van der Waals surface area contributed by atoms with Gasteiger partial charge in [0, 0.05) is 28.4 Å². The fraction of sp³-hybridized carbons (Fsp3) is 0.200. The first-order valence-electron chi connectivity index (χ1n) is 14.7. The lowest BCUT2D eigenvalue weighted by molar-refractivity contribution is -0.144. The van der Waals surface area contributed by atoms with Crippen molar-refractivity contribution in [1.29, 1.82) is 0 Å². The van der Waals surface area contributed by atoms with E-state index in [0.717, 1.165) is 32.0 Å². The van der Waals surface area contributed by atoms with Crippen LogP contribution in [0.25, 0.3) is 23.1 Å². The number of pyridine rings is 1. The summed E-state index contributed by atoms with van der Waals surface area (Å²) in [6.07, 6.45) is 5.25. The van der Waals surface area contributed by atoms with E-state index in [1.807, 2.05) is 97.9 Å². The molecule has 46 heavy (non-hydrogen) atoms. The van der Waals surface area contributed by atoms with Crippen molar-refractivity contribution in [2.45, 2.75) is 30.2 Å². The SMILES string of the molecule is CNC(=O)c1ccccc1Sc1ccc2c(/C=C/c3ccccn3)nn(P(=O)(C[C@@H](C)C(=O)OC)OCc3ccccc3C)c2c1. The smallest absolute Gasteiger partial charge is 0.317 e. The molecule has 0 aliphatic heterocycles. The zero-order chi connectivity index (χ0) is 32.7. The number of nitrogens with one attached hydrogen (secondary N) is 1. The lowest BCUT2D eigenvalue weighted by atomic mass is 10.1. The summed E-state index contributed by atoms with van der Waals surface area (Å²) in [5.74, 6) is -1.41. The number of aromatic nitrogens is 3. The molecular formula is C35H35N4O5PS. The first-order valence-corrected chi connectivity index (χ1v) is 17.3. The van der Waals surface area contributed by atoms with E-state index in [9.17, 15) is 9.59 Å². The predicted molar refractivity (Wildman–Crippen MR) is 182 cm³/mol. The molecule has 1 amide bonds. The first kappa shape index (κ1) is 32.9. The van der Waals surface area contributed by atoms with Gasteiger partial charge < -0.3 is 14.6 Å². The Kier molecular flexibility index (Phi) is 10.5. The maximum Gasteiger partial charge on any atom is 0.317 e. The van der Waals surface area contributed by atoms with E-state index in [1.54, 1.807) is 26.2 Å². The van der Waals surface area contributed by atoms with Crippen molar-refractivity contribution in [3.8, 4) is 0 Å². The van der Waals surface area contributed by atoms with Crippen LogP contribution in [-0.4, -0.2) is 46.7 Å². The van der Waals surface area contributed by atoms with Gasteiger partial charge in [0.05, 0.1) is 48.3 Å². The fourth-order valence-corrected chi connectivity index (χ4v) is 8.17. The second-order valence-corrected chi connectivity index (χ2v) is 14.1. The highest BCUT2D eigenvalue weighted by Gasteiger charge is 2.35. The van der Waals surface area contributed by atoms with Crippen LogP contribution >= 0.6 is 19.3 Å². The van der Waals surface area contributed by atoms with E-state index < -0.39 is 19.4 Å². The van der Waals surface area contributed by atoms with Crippen LogP contribution in [0.2, 0.25) is 0 Å². The van der Waals surface area contributed by atoms with Crippen molar-refractivity contribution in [2.24, 2.45) is 5.92 Å². The molecule has 0 fully saturated rings. The highest BCUT2D eigenvalue weighted by Crippen LogP contribution is 2.53. The normalized spacial score (nSPS) is 13.4. The summed E-state index contributed by atoms with van der Waals surface area (Å²) < 4.78 is 27.8. The molecule has 0 aliphatic rings. The largest absolute Gasteiger partial charge is 0.469 e. The summed E-state index contributed by atoms with van der Waals surface area (Å²) in [5.41, 5.74) is 4.28. The van der Waals surface area contributed by atoms with Gasteiger partial charge in [0.15, 0.2) is 0 Å². The molecule has 2 aromatic heterocycles. The van der Waals surface area contributed by atoms with Gasteiger partial charge in [0.1, 0.15) is 0 Å². The molecule has 5 rings (SSSR count). The zero-order valence-electron chi connectivity index (χ0n) is 26.0. The van der Waals surface area contributed by atoms with Gasteiger partial charge in [0.25, 0.3) is 5.91 Å². The van der Waals surface area contributed by atoms with Crippen molar-refractivity contribution in [3.05, 3.63) is 119 Å². The Morgan fingerprint density at radius 3 is 2.52 bits per heavy atom. The van der Waals surface area contributed by atoms with E-state index in [0.29, 0.717) is 16.8 Å². The topological polar surface area (TPSA) is 112 Å². The lowest BCUT2D eigenvalue weighted by Crippen LogP contribution is -2.20. The van der Waals surface area contributed by atoms with Crippen LogP contribution < -0.4 is 5.32 Å². The summed E-state index contributed by atoms with van der Waals surface area (Å²) in [6, 6.07) is 26.4. The van der Waals surface area contributed by atoms with E-state index in [2.05, 4.69) is 10.3 Å². The van der Waals surface area contributed by atoms with Crippen LogP contribution in [0.4, 0.5) is 0 Å². The van der Waals surface area contributed by atoms with Crippen LogP contribution in [0.1, 0.15) is 39.8 Å². The molecule has 0 saturated carbocycles. The standard InChI is InChI=1S/C35H35N4O5PS/c1-24-11-5-6-12-26(24)22-44-45(42,23-25(2)35(41)43-4)39-32-21-28(46-33-15-8-7-14-30(33)34(40)36-3)17-18-29(32)31(38-39)19-16-27-13-9-10-20-37-27/h5-21,25H,22-23H2,1-4H3,(H,36,40)/b19-16+/t25-,45?/m1/s1. The van der Waals surface area contributed by atoms with Crippen LogP contribution in [0.3, 0.4) is 0 Å². The van der Waals surface area contributed by atoms with Gasteiger partial charge in [-0.15, -0.1) is 0 Å². The quantitative estimate of drug-likeness (QED) is 0.109. The van der Waals surface area contributed by atoms with Crippen molar-refractivity contribution < 1.29 is 23.4 Å². The molecule has 1 unspecified atom stereocenters. The highest BCUT2D eigenvalue weighted by atomic mass is 32.2. The van der Waals surface area contributed by atoms with Crippen LogP contribution in [0, 0.1) is 12.8 Å². The van der Waals surface area contributed by atoms with Crippen molar-refractivity contribution in [3.63, 3.8) is 0 Å². The molecule has 2 atom stereocenters. The molecule has 0 aliphatic carbocycles. The molecule has 1 N–H and O–H groups in total. The first-order chi connectivity index (χ1) is 22.2. The van der Waals surface area contributed by atoms with Gasteiger partial charge in [-0.25, -0.2) is 0 Å². The Labute approximate surface area is 272 Å². The molecule has 0 bridgehead atoms. The number of fused-ring (bicyclic) bond motifs is 1. The number of carbonyl (C=O) groups is 2. The Hall–Kier alpha value is -4.50. The van der Waals surface area contributed by atoms with E-state index in [1.165, 1.54) is 23.3 Å². The summed E-state index contributed by atoms with van der Waals surface area (Å²) in [7, 11) is -0.948. The molecular weight excluding hydrogens is 619 g/mol. The number of rotatable bonds is 12. The Morgan fingerprint density at radius 1 is 1.02 bits per heavy atom. The van der Waals surface area contributed by atoms with E-state index >= 15 is 4.57 Å². The van der Waals surface area contributed by atoms with Crippen LogP contribution in [0.5, 0.6) is 0 Å². The molecule has 0 radical (unpaired) electrons. The average Bonchev–Trinajstić information content (AvgIpc) is 3.45. The number of methoxy groups -OCH3 is 1. The van der Waals surface area contributed by atoms with Crippen LogP contribution in [-0.2, 0) is 25.2 Å². The Morgan fingerprint density at radius 2 is 1.78 bits per heavy atom. The maximum atomic E-state index is 15.1. The molecule has 0 spiro atoms. The number of nitrogens with zero attached hydrogens (tertiary/aromatic N) is 3. The van der Waals surface area contributed by atoms with Crippen LogP contribution in [0.15, 0.2) is 101 Å². The minimum atomic E-state index is -3.85. The summed E-state index contributed by atoms with van der Waals surface area (Å²) in [4.78, 5) is 31.1. The van der Waals surface area contributed by atoms with Gasteiger partial charge in [-0.3, -0.25) is 19.1 Å². The fourth-order valence-electron chi connectivity index (χ4n) is 4.91. The minimum absolute atomic E-state index is 0.0618. The van der Waals surface area contributed by atoms with Crippen molar-refractivity contribution in [1.82, 2.24) is 19.9 Å². The number of amides is 1. The summed E-state index contributed by atoms with van der Waals surface area (Å²) in [5, 5.41) is 8.27. The average molecular weight is 655 g/mol. The molecule has 3 aromatic carbocycles. The highest BCUT2D eigenvalue weighted by molar-refractivity contribution is 7.99. The summed E-state index contributed by atoms with van der Waals surface area (Å²) in [6.45, 7) is 3.69. The van der Waals surface area contributed by atoms with Gasteiger partial charge in [-0.05, 0) is 72.7 Å². The maximum absolute atomic E-state index is 15.1. The van der Waals surface area contributed by atoms with Crippen molar-refractivity contribution in [2.75, 3.05) is 20.3 Å². The molecule has 2 heterocycles. The second kappa shape index (κ2) is 14.7. The number of ether oxygens (including phenoxy) is 1. The van der Waals surface area contributed by atoms with Gasteiger partial charge in [-0.2, -0.15) is 9.55 Å². The predicted octanol–water partition coefficient (Wildman–Crippen LogP) is 7.49. The number of carbonyl (C=O) groups excluding carboxylic acids is 2. The van der Waals surface area contributed by atoms with Gasteiger partial charge in [-0.1, -0.05) is 61.2 Å². The van der Waals surface area contributed by atoms with E-state index in [-0.39, 0.29) is 18.7 Å². The monoisotopic (exact) mass is 654 g/mol. The van der Waals surface area contributed by atoms with Crippen molar-refractivity contribution >= 4 is 54.2 Å². The Bertz CT molecular complexity index is 1940. The number of aryl methyl sites for hydroxylation is 1. The number of esters is 1. The number of hydrogen-bond donors (Lipinski definition) is 1. The zero-order valence-corrected chi connectivity index (χ0v) is 27.8.